The van der Waals surface area contributed by atoms with Crippen molar-refractivity contribution < 1.29 is 17.9 Å². The number of aromatic nitrogens is 1. The van der Waals surface area contributed by atoms with E-state index in [1.165, 1.54) is 13.0 Å². The van der Waals surface area contributed by atoms with Gasteiger partial charge < -0.3 is 10.5 Å². The Hall–Kier alpha value is -1.97. The van der Waals surface area contributed by atoms with E-state index in [-0.39, 0.29) is 16.9 Å². The van der Waals surface area contributed by atoms with Crippen LogP contribution in [-0.4, -0.2) is 11.3 Å². The summed E-state index contributed by atoms with van der Waals surface area (Å²) in [4.78, 5) is 3.35. The molecular weight excluding hydrogens is 211 g/mol. The van der Waals surface area contributed by atoms with Crippen molar-refractivity contribution >= 4 is 5.69 Å². The van der Waals surface area contributed by atoms with Gasteiger partial charge in [-0.1, -0.05) is 0 Å². The van der Waals surface area contributed by atoms with Crippen molar-refractivity contribution in [3.05, 3.63) is 17.3 Å². The third-order valence-electron chi connectivity index (χ3n) is 1.51. The zero-order valence-electron chi connectivity index (χ0n) is 7.59. The van der Waals surface area contributed by atoms with Gasteiger partial charge in [-0.3, -0.25) is 0 Å². The molecule has 7 heteroatoms. The maximum absolute atomic E-state index is 11.9. The second kappa shape index (κ2) is 3.65. The number of rotatable bonds is 1. The van der Waals surface area contributed by atoms with Crippen LogP contribution in [0.25, 0.3) is 0 Å². The first kappa shape index (κ1) is 11.1. The Kier molecular flexibility index (Phi) is 2.70. The van der Waals surface area contributed by atoms with E-state index in [9.17, 15) is 13.2 Å². The third-order valence-corrected chi connectivity index (χ3v) is 1.51. The number of pyridine rings is 1. The molecule has 0 saturated carbocycles. The molecule has 1 rings (SSSR count). The highest BCUT2D eigenvalue weighted by Crippen LogP contribution is 2.26. The van der Waals surface area contributed by atoms with E-state index in [4.69, 9.17) is 11.0 Å². The summed E-state index contributed by atoms with van der Waals surface area (Å²) in [7, 11) is 0. The number of nitriles is 1. The Labute approximate surface area is 83.1 Å². The summed E-state index contributed by atoms with van der Waals surface area (Å²) in [5.74, 6) is -0.659. The van der Waals surface area contributed by atoms with Gasteiger partial charge in [-0.25, -0.2) is 0 Å². The average molecular weight is 217 g/mol. The summed E-state index contributed by atoms with van der Waals surface area (Å²) in [5, 5.41) is 8.50. The normalized spacial score (nSPS) is 10.9. The first-order valence-corrected chi connectivity index (χ1v) is 3.76. The summed E-state index contributed by atoms with van der Waals surface area (Å²) in [5.41, 5.74) is 5.18. The molecule has 0 unspecified atom stereocenters. The molecule has 0 fully saturated rings. The fourth-order valence-corrected chi connectivity index (χ4v) is 0.920. The number of ether oxygens (including phenoxy) is 1. The molecule has 2 N–H and O–H groups in total. The summed E-state index contributed by atoms with van der Waals surface area (Å²) in [6.07, 6.45) is -4.83. The van der Waals surface area contributed by atoms with E-state index < -0.39 is 12.2 Å². The van der Waals surface area contributed by atoms with Crippen molar-refractivity contribution in [1.29, 1.82) is 5.26 Å². The highest BCUT2D eigenvalue weighted by Gasteiger charge is 2.32. The second-order valence-electron chi connectivity index (χ2n) is 2.71. The second-order valence-corrected chi connectivity index (χ2v) is 2.71. The molecule has 0 aliphatic rings. The molecule has 0 amide bonds. The lowest BCUT2D eigenvalue weighted by atomic mass is 10.2. The number of nitrogens with zero attached hydrogens (tertiary/aromatic N) is 2. The monoisotopic (exact) mass is 217 g/mol. The van der Waals surface area contributed by atoms with Gasteiger partial charge in [-0.05, 0) is 13.0 Å². The Morgan fingerprint density at radius 3 is 2.60 bits per heavy atom. The van der Waals surface area contributed by atoms with Crippen LogP contribution in [0.1, 0.15) is 11.3 Å². The number of nitrogen functional groups attached to an aromatic ring is 1. The summed E-state index contributed by atoms with van der Waals surface area (Å²) >= 11 is 0. The van der Waals surface area contributed by atoms with Crippen molar-refractivity contribution in [2.24, 2.45) is 0 Å². The van der Waals surface area contributed by atoms with Crippen molar-refractivity contribution in [2.45, 2.75) is 13.3 Å². The maximum Gasteiger partial charge on any atom is 0.574 e. The maximum atomic E-state index is 11.9. The number of anilines is 1. The Balaban J connectivity index is 3.15. The standard InChI is InChI=1S/C8H6F3N3O/c1-4-2-5(13)6(3-12)14-7(4)15-8(9,10)11/h2H,13H2,1H3. The fraction of sp³-hybridized carbons (Fsp3) is 0.250. The summed E-state index contributed by atoms with van der Waals surface area (Å²) in [6, 6.07) is 2.77. The Morgan fingerprint density at radius 1 is 1.53 bits per heavy atom. The molecule has 4 nitrogen and oxygen atoms in total. The molecule has 0 bridgehead atoms. The molecule has 0 aromatic carbocycles. The number of hydrogen-bond donors (Lipinski definition) is 1. The van der Waals surface area contributed by atoms with Gasteiger partial charge in [-0.2, -0.15) is 10.2 Å². The molecular formula is C8H6F3N3O. The van der Waals surface area contributed by atoms with E-state index in [1.54, 1.807) is 6.07 Å². The van der Waals surface area contributed by atoms with Crippen LogP contribution < -0.4 is 10.5 Å². The van der Waals surface area contributed by atoms with Crippen LogP contribution in [0.2, 0.25) is 0 Å². The van der Waals surface area contributed by atoms with E-state index in [1.807, 2.05) is 0 Å². The Morgan fingerprint density at radius 2 is 2.13 bits per heavy atom. The lowest BCUT2D eigenvalue weighted by Crippen LogP contribution is -2.19. The lowest BCUT2D eigenvalue weighted by Gasteiger charge is -2.10. The van der Waals surface area contributed by atoms with E-state index >= 15 is 0 Å². The molecule has 0 spiro atoms. The van der Waals surface area contributed by atoms with Crippen molar-refractivity contribution in [3.8, 4) is 11.9 Å². The zero-order chi connectivity index (χ0) is 11.6. The number of halogens is 3. The quantitative estimate of drug-likeness (QED) is 0.777. The summed E-state index contributed by atoms with van der Waals surface area (Å²) < 4.78 is 39.3. The molecule has 0 radical (unpaired) electrons. The molecule has 0 aliphatic heterocycles. The molecule has 15 heavy (non-hydrogen) atoms. The van der Waals surface area contributed by atoms with Crippen molar-refractivity contribution in [1.82, 2.24) is 4.98 Å². The van der Waals surface area contributed by atoms with E-state index in [0.717, 1.165) is 0 Å². The van der Waals surface area contributed by atoms with E-state index in [0.29, 0.717) is 0 Å². The number of hydrogen-bond acceptors (Lipinski definition) is 4. The minimum absolute atomic E-state index is 0.0181. The van der Waals surface area contributed by atoms with Crippen LogP contribution in [0, 0.1) is 18.3 Å². The average Bonchev–Trinajstić information content (AvgIpc) is 2.07. The fourth-order valence-electron chi connectivity index (χ4n) is 0.920. The minimum Gasteiger partial charge on any atom is -0.396 e. The van der Waals surface area contributed by atoms with Gasteiger partial charge >= 0.3 is 6.36 Å². The molecule has 1 aromatic heterocycles. The first-order valence-electron chi connectivity index (χ1n) is 3.76. The number of nitrogens with two attached hydrogens (primary N) is 1. The zero-order valence-corrected chi connectivity index (χ0v) is 7.59. The van der Waals surface area contributed by atoms with Crippen LogP contribution in [0.3, 0.4) is 0 Å². The minimum atomic E-state index is -4.83. The lowest BCUT2D eigenvalue weighted by molar-refractivity contribution is -0.276. The van der Waals surface area contributed by atoms with Crippen LogP contribution in [0.4, 0.5) is 18.9 Å². The smallest absolute Gasteiger partial charge is 0.396 e. The largest absolute Gasteiger partial charge is 0.574 e. The van der Waals surface area contributed by atoms with Gasteiger partial charge in [0.1, 0.15) is 6.07 Å². The number of aryl methyl sites for hydroxylation is 1. The molecule has 0 saturated heterocycles. The van der Waals surface area contributed by atoms with Crippen molar-refractivity contribution in [3.63, 3.8) is 0 Å². The molecule has 0 aliphatic carbocycles. The van der Waals surface area contributed by atoms with Crippen LogP contribution in [0.5, 0.6) is 5.88 Å². The van der Waals surface area contributed by atoms with Gasteiger partial charge in [-0.15, -0.1) is 13.2 Å². The highest BCUT2D eigenvalue weighted by molar-refractivity contribution is 5.53. The van der Waals surface area contributed by atoms with Gasteiger partial charge in [0, 0.05) is 5.56 Å². The van der Waals surface area contributed by atoms with Crippen LogP contribution in [0.15, 0.2) is 6.07 Å². The SMILES string of the molecule is Cc1cc(N)c(C#N)nc1OC(F)(F)F. The van der Waals surface area contributed by atoms with Gasteiger partial charge in [0.05, 0.1) is 5.69 Å². The third kappa shape index (κ3) is 2.74. The van der Waals surface area contributed by atoms with Crippen LogP contribution >= 0.6 is 0 Å². The molecule has 1 aromatic rings. The predicted octanol–water partition coefficient (Wildman–Crippen LogP) is 1.74. The topological polar surface area (TPSA) is 71.9 Å². The first-order chi connectivity index (χ1) is 6.83. The van der Waals surface area contributed by atoms with Gasteiger partial charge in [0.2, 0.25) is 5.88 Å². The number of alkyl halides is 3. The van der Waals surface area contributed by atoms with Gasteiger partial charge in [0.25, 0.3) is 0 Å². The molecule has 80 valence electrons. The van der Waals surface area contributed by atoms with Crippen molar-refractivity contribution in [2.75, 3.05) is 5.73 Å². The Bertz CT molecular complexity index is 422. The van der Waals surface area contributed by atoms with Gasteiger partial charge in [0.15, 0.2) is 5.69 Å². The molecule has 1 heterocycles. The predicted molar refractivity (Wildman–Crippen MR) is 44.8 cm³/mol. The van der Waals surface area contributed by atoms with E-state index in [2.05, 4.69) is 9.72 Å². The highest BCUT2D eigenvalue weighted by atomic mass is 19.4. The summed E-state index contributed by atoms with van der Waals surface area (Å²) in [6.45, 7) is 1.35. The molecule has 0 atom stereocenters. The van der Waals surface area contributed by atoms with Crippen LogP contribution in [-0.2, 0) is 0 Å².